The minimum atomic E-state index is -0.440. The Bertz CT molecular complexity index is 413. The summed E-state index contributed by atoms with van der Waals surface area (Å²) in [6, 6.07) is 3.80. The standard InChI is InChI=1S/C14H21NO2S/c1-10(18-5)13-11(7-6-8-15-13)9-12(16)17-14(2,3)4/h6-8,10H,9H2,1-5H3. The summed E-state index contributed by atoms with van der Waals surface area (Å²) in [4.78, 5) is 16.2. The Balaban J connectivity index is 2.81. The molecule has 0 saturated carbocycles. The average molecular weight is 267 g/mol. The monoisotopic (exact) mass is 267 g/mol. The fraction of sp³-hybridized carbons (Fsp3) is 0.571. The topological polar surface area (TPSA) is 39.2 Å². The summed E-state index contributed by atoms with van der Waals surface area (Å²) in [5.41, 5.74) is 1.48. The van der Waals surface area contributed by atoms with E-state index in [1.54, 1.807) is 18.0 Å². The maximum atomic E-state index is 11.8. The van der Waals surface area contributed by atoms with Crippen molar-refractivity contribution >= 4 is 17.7 Å². The van der Waals surface area contributed by atoms with E-state index in [1.165, 1.54) is 0 Å². The van der Waals surface area contributed by atoms with E-state index in [9.17, 15) is 4.79 Å². The molecule has 0 radical (unpaired) electrons. The summed E-state index contributed by atoms with van der Waals surface area (Å²) in [6.07, 6.45) is 4.09. The number of pyridine rings is 1. The molecule has 0 spiro atoms. The van der Waals surface area contributed by atoms with Gasteiger partial charge < -0.3 is 4.74 Å². The van der Waals surface area contributed by atoms with Crippen LogP contribution in [0.4, 0.5) is 0 Å². The molecule has 3 nitrogen and oxygen atoms in total. The van der Waals surface area contributed by atoms with Crippen LogP contribution in [0.5, 0.6) is 0 Å². The van der Waals surface area contributed by atoms with Crippen molar-refractivity contribution in [3.8, 4) is 0 Å². The quantitative estimate of drug-likeness (QED) is 0.784. The molecule has 0 aromatic carbocycles. The molecule has 0 aliphatic carbocycles. The lowest BCUT2D eigenvalue weighted by molar-refractivity contribution is -0.153. The predicted octanol–water partition coefficient (Wildman–Crippen LogP) is 3.39. The van der Waals surface area contributed by atoms with Crippen molar-refractivity contribution in [2.75, 3.05) is 6.26 Å². The second-order valence-electron chi connectivity index (χ2n) is 5.19. The second-order valence-corrected chi connectivity index (χ2v) is 6.37. The zero-order valence-electron chi connectivity index (χ0n) is 11.7. The van der Waals surface area contributed by atoms with Crippen LogP contribution >= 0.6 is 11.8 Å². The van der Waals surface area contributed by atoms with Crippen molar-refractivity contribution in [2.24, 2.45) is 0 Å². The highest BCUT2D eigenvalue weighted by Gasteiger charge is 2.19. The molecule has 0 N–H and O–H groups in total. The number of aromatic nitrogens is 1. The van der Waals surface area contributed by atoms with Gasteiger partial charge in [0.2, 0.25) is 0 Å². The molecule has 0 saturated heterocycles. The van der Waals surface area contributed by atoms with E-state index in [0.29, 0.717) is 0 Å². The molecule has 0 bridgehead atoms. The highest BCUT2D eigenvalue weighted by molar-refractivity contribution is 7.98. The SMILES string of the molecule is CSC(C)c1ncccc1CC(=O)OC(C)(C)C. The Morgan fingerprint density at radius 2 is 2.17 bits per heavy atom. The summed E-state index contributed by atoms with van der Waals surface area (Å²) < 4.78 is 5.34. The highest BCUT2D eigenvalue weighted by atomic mass is 32.2. The first-order valence-electron chi connectivity index (χ1n) is 6.02. The molecule has 0 aliphatic heterocycles. The Kier molecular flexibility index (Phi) is 5.20. The molecule has 1 rings (SSSR count). The van der Waals surface area contributed by atoms with Crippen LogP contribution in [0.1, 0.15) is 44.2 Å². The van der Waals surface area contributed by atoms with Gasteiger partial charge in [-0.1, -0.05) is 6.07 Å². The lowest BCUT2D eigenvalue weighted by atomic mass is 10.1. The average Bonchev–Trinajstić information content (AvgIpc) is 2.26. The number of ether oxygens (including phenoxy) is 1. The molecule has 1 unspecified atom stereocenters. The van der Waals surface area contributed by atoms with Gasteiger partial charge in [0.1, 0.15) is 5.60 Å². The van der Waals surface area contributed by atoms with Crippen molar-refractivity contribution in [1.82, 2.24) is 4.98 Å². The molecule has 100 valence electrons. The van der Waals surface area contributed by atoms with E-state index in [1.807, 2.05) is 39.2 Å². The second kappa shape index (κ2) is 6.23. The molecule has 1 atom stereocenters. The van der Waals surface area contributed by atoms with Gasteiger partial charge in [-0.25, -0.2) is 0 Å². The Hall–Kier alpha value is -1.03. The van der Waals surface area contributed by atoms with Gasteiger partial charge in [0.05, 0.1) is 12.1 Å². The van der Waals surface area contributed by atoms with E-state index < -0.39 is 5.60 Å². The van der Waals surface area contributed by atoms with E-state index in [4.69, 9.17) is 4.74 Å². The zero-order chi connectivity index (χ0) is 13.8. The van der Waals surface area contributed by atoms with Crippen LogP contribution in [-0.4, -0.2) is 22.8 Å². The van der Waals surface area contributed by atoms with Crippen LogP contribution in [-0.2, 0) is 16.0 Å². The van der Waals surface area contributed by atoms with Gasteiger partial charge in [0.15, 0.2) is 0 Å². The number of rotatable bonds is 4. The first-order valence-corrected chi connectivity index (χ1v) is 7.30. The predicted molar refractivity (Wildman–Crippen MR) is 75.7 cm³/mol. The number of nitrogens with zero attached hydrogens (tertiary/aromatic N) is 1. The van der Waals surface area contributed by atoms with Gasteiger partial charge in [-0.15, -0.1) is 0 Å². The van der Waals surface area contributed by atoms with E-state index >= 15 is 0 Å². The third-order valence-corrected chi connectivity index (χ3v) is 3.35. The van der Waals surface area contributed by atoms with Crippen LogP contribution in [0.15, 0.2) is 18.3 Å². The maximum absolute atomic E-state index is 11.8. The first-order chi connectivity index (χ1) is 8.33. The fourth-order valence-corrected chi connectivity index (χ4v) is 2.05. The Labute approximate surface area is 113 Å². The molecule has 0 amide bonds. The van der Waals surface area contributed by atoms with Gasteiger partial charge in [-0.2, -0.15) is 11.8 Å². The van der Waals surface area contributed by atoms with Crippen LogP contribution in [0.25, 0.3) is 0 Å². The summed E-state index contributed by atoms with van der Waals surface area (Å²) in [7, 11) is 0. The normalized spacial score (nSPS) is 13.2. The molecule has 18 heavy (non-hydrogen) atoms. The first kappa shape index (κ1) is 15.0. The van der Waals surface area contributed by atoms with Crippen molar-refractivity contribution in [2.45, 2.75) is 45.0 Å². The number of hydrogen-bond acceptors (Lipinski definition) is 4. The number of esters is 1. The summed E-state index contributed by atoms with van der Waals surface area (Å²) in [5, 5.41) is 0.281. The van der Waals surface area contributed by atoms with Crippen molar-refractivity contribution in [3.05, 3.63) is 29.6 Å². The molecule has 0 aliphatic rings. The minimum absolute atomic E-state index is 0.204. The molecule has 1 heterocycles. The lowest BCUT2D eigenvalue weighted by Gasteiger charge is -2.20. The Morgan fingerprint density at radius 3 is 2.72 bits per heavy atom. The zero-order valence-corrected chi connectivity index (χ0v) is 12.5. The lowest BCUT2D eigenvalue weighted by Crippen LogP contribution is -2.25. The molecule has 4 heteroatoms. The molecular formula is C14H21NO2S. The highest BCUT2D eigenvalue weighted by Crippen LogP contribution is 2.27. The van der Waals surface area contributed by atoms with Crippen molar-refractivity contribution in [3.63, 3.8) is 0 Å². The third-order valence-electron chi connectivity index (χ3n) is 2.42. The summed E-state index contributed by atoms with van der Waals surface area (Å²) in [5.74, 6) is -0.204. The maximum Gasteiger partial charge on any atom is 0.310 e. The molecule has 0 fully saturated rings. The third kappa shape index (κ3) is 4.69. The molecule has 1 aromatic rings. The number of carbonyl (C=O) groups excluding carboxylic acids is 1. The van der Waals surface area contributed by atoms with E-state index in [0.717, 1.165) is 11.3 Å². The largest absolute Gasteiger partial charge is 0.460 e. The van der Waals surface area contributed by atoms with Crippen LogP contribution in [0.2, 0.25) is 0 Å². The van der Waals surface area contributed by atoms with Gasteiger partial charge in [-0.05, 0) is 45.6 Å². The number of carbonyl (C=O) groups is 1. The van der Waals surface area contributed by atoms with Crippen molar-refractivity contribution in [1.29, 1.82) is 0 Å². The molecule has 1 aromatic heterocycles. The number of hydrogen-bond donors (Lipinski definition) is 0. The van der Waals surface area contributed by atoms with Gasteiger partial charge >= 0.3 is 5.97 Å². The summed E-state index contributed by atoms with van der Waals surface area (Å²) in [6.45, 7) is 7.71. The van der Waals surface area contributed by atoms with E-state index in [-0.39, 0.29) is 17.6 Å². The molecular weight excluding hydrogens is 246 g/mol. The van der Waals surface area contributed by atoms with Crippen LogP contribution < -0.4 is 0 Å². The Morgan fingerprint density at radius 1 is 1.50 bits per heavy atom. The van der Waals surface area contributed by atoms with Gasteiger partial charge in [0, 0.05) is 11.4 Å². The van der Waals surface area contributed by atoms with Gasteiger partial charge in [0.25, 0.3) is 0 Å². The van der Waals surface area contributed by atoms with Crippen LogP contribution in [0.3, 0.4) is 0 Å². The minimum Gasteiger partial charge on any atom is -0.460 e. The van der Waals surface area contributed by atoms with Crippen molar-refractivity contribution < 1.29 is 9.53 Å². The smallest absolute Gasteiger partial charge is 0.310 e. The fourth-order valence-electron chi connectivity index (χ4n) is 1.61. The van der Waals surface area contributed by atoms with Crippen LogP contribution in [0, 0.1) is 0 Å². The van der Waals surface area contributed by atoms with E-state index in [2.05, 4.69) is 11.9 Å². The summed E-state index contributed by atoms with van der Waals surface area (Å²) >= 11 is 1.72. The number of thioether (sulfide) groups is 1. The van der Waals surface area contributed by atoms with Gasteiger partial charge in [-0.3, -0.25) is 9.78 Å².